The van der Waals surface area contributed by atoms with Crippen LogP contribution in [0.25, 0.3) is 0 Å². The van der Waals surface area contributed by atoms with Crippen LogP contribution >= 0.6 is 0 Å². The second-order valence-corrected chi connectivity index (χ2v) is 8.22. The fourth-order valence-corrected chi connectivity index (χ4v) is 4.08. The fraction of sp³-hybridized carbons (Fsp3) is 0.455. The van der Waals surface area contributed by atoms with Gasteiger partial charge in [0.25, 0.3) is 5.91 Å². The third-order valence-electron chi connectivity index (χ3n) is 5.99. The minimum Gasteiger partial charge on any atom is -0.486 e. The Labute approximate surface area is 198 Å². The number of piperidine rings is 1. The van der Waals surface area contributed by atoms with Crippen molar-refractivity contribution in [3.05, 3.63) is 59.4 Å². The maximum Gasteiger partial charge on any atom is 0.456 e. The Morgan fingerprint density at radius 1 is 1.11 bits per heavy atom. The first-order chi connectivity index (χ1) is 16.7. The predicted molar refractivity (Wildman–Crippen MR) is 105 cm³/mol. The van der Waals surface area contributed by atoms with E-state index in [1.54, 1.807) is 24.4 Å². The van der Waals surface area contributed by atoms with Crippen molar-refractivity contribution in [3.63, 3.8) is 0 Å². The van der Waals surface area contributed by atoms with Gasteiger partial charge in [-0.2, -0.15) is 35.1 Å². The number of fused-ring (bicyclic) bond motifs is 1. The number of hydrogen-bond donors (Lipinski definition) is 0. The summed E-state index contributed by atoms with van der Waals surface area (Å²) in [6, 6.07) is 6.95. The zero-order valence-corrected chi connectivity index (χ0v) is 18.2. The average molecular weight is 526 g/mol. The van der Waals surface area contributed by atoms with Gasteiger partial charge in [0.1, 0.15) is 24.2 Å². The maximum absolute atomic E-state index is 13.5. The molecule has 2 aromatic rings. The lowest BCUT2D eigenvalue weighted by molar-refractivity contribution is -0.290. The molecule has 1 aromatic carbocycles. The normalized spacial score (nSPS) is 22.9. The molecule has 3 heterocycles. The monoisotopic (exact) mass is 526 g/mol. The van der Waals surface area contributed by atoms with Gasteiger partial charge in [-0.25, -0.2) is 0 Å². The van der Waals surface area contributed by atoms with E-state index in [9.17, 15) is 39.9 Å². The van der Waals surface area contributed by atoms with Crippen LogP contribution in [0.4, 0.5) is 35.1 Å². The minimum absolute atomic E-state index is 0.0349. The summed E-state index contributed by atoms with van der Waals surface area (Å²) in [4.78, 5) is 18.5. The molecule has 2 aliphatic heterocycles. The minimum atomic E-state index is -6.01. The van der Waals surface area contributed by atoms with Crippen LogP contribution in [0, 0.1) is 0 Å². The summed E-state index contributed by atoms with van der Waals surface area (Å²) in [5, 5.41) is 0. The van der Waals surface area contributed by atoms with Crippen LogP contribution in [0.1, 0.15) is 28.0 Å². The van der Waals surface area contributed by atoms with Crippen molar-refractivity contribution >= 4 is 5.91 Å². The molecule has 0 saturated carbocycles. The highest BCUT2D eigenvalue weighted by Gasteiger charge is 2.58. The number of amides is 1. The second kappa shape index (κ2) is 9.14. The van der Waals surface area contributed by atoms with Crippen molar-refractivity contribution in [1.29, 1.82) is 0 Å². The van der Waals surface area contributed by atoms with E-state index in [2.05, 4.69) is 9.72 Å². The molecular weight excluding hydrogens is 508 g/mol. The van der Waals surface area contributed by atoms with Crippen molar-refractivity contribution < 1.29 is 54.1 Å². The van der Waals surface area contributed by atoms with E-state index in [-0.39, 0.29) is 26.3 Å². The van der Waals surface area contributed by atoms with Crippen LogP contribution in [0.5, 0.6) is 5.75 Å². The van der Waals surface area contributed by atoms with E-state index < -0.39 is 59.4 Å². The Kier molecular flexibility index (Phi) is 6.62. The van der Waals surface area contributed by atoms with Crippen LogP contribution in [0.3, 0.4) is 0 Å². The van der Waals surface area contributed by atoms with Gasteiger partial charge in [-0.15, -0.1) is 0 Å². The highest BCUT2D eigenvalue weighted by atomic mass is 19.4. The molecule has 196 valence electrons. The molecular formula is C22H18F8N2O4. The van der Waals surface area contributed by atoms with Crippen molar-refractivity contribution in [1.82, 2.24) is 9.88 Å². The van der Waals surface area contributed by atoms with Gasteiger partial charge >= 0.3 is 18.3 Å². The SMILES string of the molecule is O=C(c1ccc(OCC(F)(F)C(F)(F)F)c(C(F)(F)F)c1)N1CC[C@]2(c3ccccn3)OCO[C@H]2C1. The Hall–Kier alpha value is -3.00. The van der Waals surface area contributed by atoms with Gasteiger partial charge in [0.2, 0.25) is 0 Å². The van der Waals surface area contributed by atoms with E-state index in [0.29, 0.717) is 17.8 Å². The van der Waals surface area contributed by atoms with E-state index in [1.807, 2.05) is 0 Å². The Bertz CT molecular complexity index is 1110. The molecule has 2 aliphatic rings. The molecule has 6 nitrogen and oxygen atoms in total. The quantitative estimate of drug-likeness (QED) is 0.525. The van der Waals surface area contributed by atoms with Crippen LogP contribution < -0.4 is 4.74 Å². The van der Waals surface area contributed by atoms with E-state index >= 15 is 0 Å². The summed E-state index contributed by atoms with van der Waals surface area (Å²) in [6.07, 6.45) is -10.1. The number of pyridine rings is 1. The van der Waals surface area contributed by atoms with E-state index in [0.717, 1.165) is 6.07 Å². The Morgan fingerprint density at radius 3 is 2.50 bits per heavy atom. The first-order valence-electron chi connectivity index (χ1n) is 10.5. The molecule has 0 aliphatic carbocycles. The lowest BCUT2D eigenvalue weighted by atomic mass is 9.85. The number of likely N-dealkylation sites (tertiary alicyclic amines) is 1. The maximum atomic E-state index is 13.5. The molecule has 0 unspecified atom stereocenters. The van der Waals surface area contributed by atoms with Gasteiger partial charge in [0.15, 0.2) is 6.61 Å². The lowest BCUT2D eigenvalue weighted by Crippen LogP contribution is -2.53. The molecule has 36 heavy (non-hydrogen) atoms. The van der Waals surface area contributed by atoms with Crippen molar-refractivity contribution in [2.75, 3.05) is 26.5 Å². The highest BCUT2D eigenvalue weighted by Crippen LogP contribution is 2.43. The molecule has 2 fully saturated rings. The summed E-state index contributed by atoms with van der Waals surface area (Å²) >= 11 is 0. The van der Waals surface area contributed by atoms with Gasteiger partial charge in [0.05, 0.1) is 17.8 Å². The van der Waals surface area contributed by atoms with Gasteiger partial charge in [-0.05, 0) is 30.3 Å². The average Bonchev–Trinajstić information content (AvgIpc) is 3.26. The van der Waals surface area contributed by atoms with Gasteiger partial charge < -0.3 is 19.1 Å². The molecule has 0 spiro atoms. The summed E-state index contributed by atoms with van der Waals surface area (Å²) in [5.74, 6) is -7.46. The predicted octanol–water partition coefficient (Wildman–Crippen LogP) is 4.79. The number of carbonyl (C=O) groups is 1. The Balaban J connectivity index is 1.54. The first-order valence-corrected chi connectivity index (χ1v) is 10.5. The summed E-state index contributed by atoms with van der Waals surface area (Å²) in [6.45, 7) is -2.39. The van der Waals surface area contributed by atoms with Crippen LogP contribution in [-0.2, 0) is 21.3 Å². The topological polar surface area (TPSA) is 60.9 Å². The van der Waals surface area contributed by atoms with Gasteiger partial charge in [-0.1, -0.05) is 6.07 Å². The number of rotatable bonds is 5. The molecule has 0 bridgehead atoms. The molecule has 1 aromatic heterocycles. The van der Waals surface area contributed by atoms with E-state index in [1.165, 1.54) is 4.90 Å². The third kappa shape index (κ3) is 4.83. The van der Waals surface area contributed by atoms with Gasteiger partial charge in [0, 0.05) is 24.7 Å². The molecule has 14 heteroatoms. The molecule has 2 saturated heterocycles. The van der Waals surface area contributed by atoms with Crippen LogP contribution in [0.2, 0.25) is 0 Å². The molecule has 1 amide bonds. The zero-order valence-electron chi connectivity index (χ0n) is 18.2. The number of aromatic nitrogens is 1. The summed E-state index contributed by atoms with van der Waals surface area (Å²) in [7, 11) is 0. The Morgan fingerprint density at radius 2 is 1.86 bits per heavy atom. The smallest absolute Gasteiger partial charge is 0.456 e. The third-order valence-corrected chi connectivity index (χ3v) is 5.99. The standard InChI is InChI=1S/C22H18F8N2O4/c23-20(24,22(28,29)30)11-34-15-5-4-13(9-14(15)21(25,26)27)18(33)32-8-6-19(16-3-1-2-7-31-16)17(10-32)35-12-36-19/h1-5,7,9,17H,6,8,10-12H2/t17-,19+/m0/s1. The van der Waals surface area contributed by atoms with Crippen molar-refractivity contribution in [2.45, 2.75) is 36.4 Å². The number of alkyl halides is 8. The molecule has 0 radical (unpaired) electrons. The van der Waals surface area contributed by atoms with Crippen LogP contribution in [-0.4, -0.2) is 60.5 Å². The summed E-state index contributed by atoms with van der Waals surface area (Å²) < 4.78 is 120. The zero-order chi connectivity index (χ0) is 26.4. The number of halogens is 8. The second-order valence-electron chi connectivity index (χ2n) is 8.22. The van der Waals surface area contributed by atoms with Crippen molar-refractivity contribution in [3.8, 4) is 5.75 Å². The van der Waals surface area contributed by atoms with E-state index in [4.69, 9.17) is 9.47 Å². The fourth-order valence-electron chi connectivity index (χ4n) is 4.08. The highest BCUT2D eigenvalue weighted by molar-refractivity contribution is 5.94. The van der Waals surface area contributed by atoms with Crippen LogP contribution in [0.15, 0.2) is 42.6 Å². The number of nitrogens with zero attached hydrogens (tertiary/aromatic N) is 2. The number of benzene rings is 1. The molecule has 0 N–H and O–H groups in total. The van der Waals surface area contributed by atoms with Gasteiger partial charge in [-0.3, -0.25) is 9.78 Å². The largest absolute Gasteiger partial charge is 0.486 e. The molecule has 2 atom stereocenters. The first kappa shape index (κ1) is 26.1. The summed E-state index contributed by atoms with van der Waals surface area (Å²) in [5.41, 5.74) is -2.47. The number of carbonyl (C=O) groups excluding carboxylic acids is 1. The number of ether oxygens (including phenoxy) is 3. The van der Waals surface area contributed by atoms with Crippen molar-refractivity contribution in [2.24, 2.45) is 0 Å². The number of hydrogen-bond acceptors (Lipinski definition) is 5. The lowest BCUT2D eigenvalue weighted by Gasteiger charge is -2.41. The molecule has 4 rings (SSSR count).